The maximum absolute atomic E-state index is 12.0. The summed E-state index contributed by atoms with van der Waals surface area (Å²) in [5, 5.41) is 4.18. The highest BCUT2D eigenvalue weighted by Gasteiger charge is 2.07. The zero-order chi connectivity index (χ0) is 13.9. The van der Waals surface area contributed by atoms with Crippen LogP contribution in [0.3, 0.4) is 0 Å². The van der Waals surface area contributed by atoms with E-state index in [0.29, 0.717) is 17.3 Å². The fourth-order valence-electron chi connectivity index (χ4n) is 2.06. The summed E-state index contributed by atoms with van der Waals surface area (Å²) in [6.07, 6.45) is 3.75. The number of fused-ring (bicyclic) bond motifs is 1. The van der Waals surface area contributed by atoms with Crippen molar-refractivity contribution in [3.63, 3.8) is 0 Å². The van der Waals surface area contributed by atoms with Crippen LogP contribution < -0.4 is 5.32 Å². The first-order chi connectivity index (χ1) is 9.72. The molecule has 100 valence electrons. The first kappa shape index (κ1) is 12.7. The van der Waals surface area contributed by atoms with Crippen LogP contribution in [0.15, 0.2) is 48.8 Å². The van der Waals surface area contributed by atoms with Crippen molar-refractivity contribution in [3.05, 3.63) is 59.5 Å². The van der Waals surface area contributed by atoms with Crippen molar-refractivity contribution in [2.45, 2.75) is 6.42 Å². The Labute approximate surface area is 120 Å². The molecule has 0 spiro atoms. The van der Waals surface area contributed by atoms with Crippen molar-refractivity contribution in [2.75, 3.05) is 5.32 Å². The van der Waals surface area contributed by atoms with Gasteiger partial charge in [-0.15, -0.1) is 0 Å². The average Bonchev–Trinajstić information content (AvgIpc) is 2.89. The average molecular weight is 286 g/mol. The van der Waals surface area contributed by atoms with Crippen molar-refractivity contribution in [2.24, 2.45) is 0 Å². The van der Waals surface area contributed by atoms with Crippen molar-refractivity contribution >= 4 is 34.1 Å². The maximum atomic E-state index is 12.0. The maximum Gasteiger partial charge on any atom is 0.228 e. The smallest absolute Gasteiger partial charge is 0.228 e. The molecular weight excluding hydrogens is 274 g/mol. The van der Waals surface area contributed by atoms with Crippen LogP contribution in [0.4, 0.5) is 5.69 Å². The summed E-state index contributed by atoms with van der Waals surface area (Å²) in [6, 6.07) is 11.4. The highest BCUT2D eigenvalue weighted by molar-refractivity contribution is 6.32. The minimum atomic E-state index is -0.120. The molecule has 1 amide bonds. The summed E-state index contributed by atoms with van der Waals surface area (Å²) < 4.78 is 0. The molecule has 2 aromatic heterocycles. The number of hydrogen-bond acceptors (Lipinski definition) is 2. The number of hydrogen-bond donors (Lipinski definition) is 2. The molecule has 0 saturated carbocycles. The van der Waals surface area contributed by atoms with Crippen molar-refractivity contribution in [1.29, 1.82) is 0 Å². The second-order valence-electron chi connectivity index (χ2n) is 4.47. The first-order valence-electron chi connectivity index (χ1n) is 6.19. The molecule has 0 saturated heterocycles. The van der Waals surface area contributed by atoms with Gasteiger partial charge in [0.15, 0.2) is 5.15 Å². The van der Waals surface area contributed by atoms with Crippen LogP contribution in [0, 0.1) is 0 Å². The number of H-pyrrole nitrogens is 1. The van der Waals surface area contributed by atoms with Gasteiger partial charge >= 0.3 is 0 Å². The van der Waals surface area contributed by atoms with E-state index in [0.717, 1.165) is 16.5 Å². The third-order valence-corrected chi connectivity index (χ3v) is 3.32. The Morgan fingerprint density at radius 2 is 2.20 bits per heavy atom. The van der Waals surface area contributed by atoms with E-state index in [1.165, 1.54) is 0 Å². The van der Waals surface area contributed by atoms with Gasteiger partial charge in [-0.25, -0.2) is 4.98 Å². The zero-order valence-corrected chi connectivity index (χ0v) is 11.3. The van der Waals surface area contributed by atoms with Crippen molar-refractivity contribution in [3.8, 4) is 0 Å². The van der Waals surface area contributed by atoms with Gasteiger partial charge in [0.25, 0.3) is 0 Å². The van der Waals surface area contributed by atoms with E-state index in [1.54, 1.807) is 18.3 Å². The van der Waals surface area contributed by atoms with E-state index in [9.17, 15) is 4.79 Å². The summed E-state index contributed by atoms with van der Waals surface area (Å²) in [5.41, 5.74) is 2.49. The fourth-order valence-corrected chi connectivity index (χ4v) is 2.23. The van der Waals surface area contributed by atoms with E-state index < -0.39 is 0 Å². The lowest BCUT2D eigenvalue weighted by Crippen LogP contribution is -2.14. The Morgan fingerprint density at radius 3 is 3.05 bits per heavy atom. The molecule has 0 radical (unpaired) electrons. The standard InChI is InChI=1S/C15H12ClN3O/c16-15-12(2-1-6-18-15)19-14(20)9-10-3-4-11-5-7-17-13(11)8-10/h1-8,17H,9H2,(H,19,20). The Bertz CT molecular complexity index is 766. The van der Waals surface area contributed by atoms with Gasteiger partial charge in [0.2, 0.25) is 5.91 Å². The predicted octanol–water partition coefficient (Wildman–Crippen LogP) is 3.40. The normalized spacial score (nSPS) is 10.7. The third-order valence-electron chi connectivity index (χ3n) is 3.02. The fraction of sp³-hybridized carbons (Fsp3) is 0.0667. The van der Waals surface area contributed by atoms with Crippen molar-refractivity contribution < 1.29 is 4.79 Å². The summed E-state index contributed by atoms with van der Waals surface area (Å²) in [5.74, 6) is -0.120. The Morgan fingerprint density at radius 1 is 1.30 bits per heavy atom. The van der Waals surface area contributed by atoms with E-state index in [4.69, 9.17) is 11.6 Å². The molecule has 20 heavy (non-hydrogen) atoms. The minimum absolute atomic E-state index is 0.120. The molecule has 0 bridgehead atoms. The lowest BCUT2D eigenvalue weighted by molar-refractivity contribution is -0.115. The molecule has 1 aromatic carbocycles. The van der Waals surface area contributed by atoms with Crippen LogP contribution in [0.5, 0.6) is 0 Å². The number of rotatable bonds is 3. The molecule has 0 aliphatic rings. The number of benzene rings is 1. The molecule has 0 aliphatic heterocycles. The zero-order valence-electron chi connectivity index (χ0n) is 10.6. The molecule has 5 heteroatoms. The van der Waals surface area contributed by atoms with Crippen LogP contribution >= 0.6 is 11.6 Å². The van der Waals surface area contributed by atoms with Crippen LogP contribution in [-0.4, -0.2) is 15.9 Å². The van der Waals surface area contributed by atoms with E-state index in [2.05, 4.69) is 15.3 Å². The molecule has 2 heterocycles. The highest BCUT2D eigenvalue weighted by atomic mass is 35.5. The van der Waals surface area contributed by atoms with E-state index >= 15 is 0 Å². The van der Waals surface area contributed by atoms with E-state index in [-0.39, 0.29) is 5.91 Å². The number of pyridine rings is 1. The topological polar surface area (TPSA) is 57.8 Å². The van der Waals surface area contributed by atoms with Gasteiger partial charge < -0.3 is 10.3 Å². The molecular formula is C15H12ClN3O. The molecule has 2 N–H and O–H groups in total. The number of carbonyl (C=O) groups is 1. The summed E-state index contributed by atoms with van der Waals surface area (Å²) >= 11 is 5.90. The van der Waals surface area contributed by atoms with Gasteiger partial charge in [0.1, 0.15) is 0 Å². The molecule has 4 nitrogen and oxygen atoms in total. The SMILES string of the molecule is O=C(Cc1ccc2cc[nH]c2c1)Nc1cccnc1Cl. The van der Waals surface area contributed by atoms with Gasteiger partial charge in [-0.1, -0.05) is 23.7 Å². The Hall–Kier alpha value is -2.33. The van der Waals surface area contributed by atoms with Crippen LogP contribution in [-0.2, 0) is 11.2 Å². The molecule has 0 fully saturated rings. The summed E-state index contributed by atoms with van der Waals surface area (Å²) in [7, 11) is 0. The Kier molecular flexibility index (Phi) is 3.39. The summed E-state index contributed by atoms with van der Waals surface area (Å²) in [4.78, 5) is 19.0. The van der Waals surface area contributed by atoms with Gasteiger partial charge in [-0.05, 0) is 35.2 Å². The molecule has 0 atom stereocenters. The second kappa shape index (κ2) is 5.35. The van der Waals surface area contributed by atoms with Crippen LogP contribution in [0.25, 0.3) is 10.9 Å². The number of nitrogens with one attached hydrogen (secondary N) is 2. The van der Waals surface area contributed by atoms with Crippen molar-refractivity contribution in [1.82, 2.24) is 9.97 Å². The third kappa shape index (κ3) is 2.65. The van der Waals surface area contributed by atoms with Gasteiger partial charge in [-0.2, -0.15) is 0 Å². The minimum Gasteiger partial charge on any atom is -0.361 e. The lowest BCUT2D eigenvalue weighted by atomic mass is 10.1. The molecule has 3 aromatic rings. The summed E-state index contributed by atoms with van der Waals surface area (Å²) in [6.45, 7) is 0. The molecule has 3 rings (SSSR count). The molecule has 0 aliphatic carbocycles. The highest BCUT2D eigenvalue weighted by Crippen LogP contribution is 2.18. The first-order valence-corrected chi connectivity index (χ1v) is 6.56. The second-order valence-corrected chi connectivity index (χ2v) is 4.82. The van der Waals surface area contributed by atoms with Crippen LogP contribution in [0.2, 0.25) is 5.15 Å². The number of amides is 1. The van der Waals surface area contributed by atoms with Gasteiger partial charge in [0.05, 0.1) is 12.1 Å². The number of anilines is 1. The molecule has 0 unspecified atom stereocenters. The number of carbonyl (C=O) groups excluding carboxylic acids is 1. The largest absolute Gasteiger partial charge is 0.361 e. The number of aromatic amines is 1. The Balaban J connectivity index is 1.74. The van der Waals surface area contributed by atoms with E-state index in [1.807, 2.05) is 30.5 Å². The number of aromatic nitrogens is 2. The number of halogens is 1. The monoisotopic (exact) mass is 285 g/mol. The van der Waals surface area contributed by atoms with Gasteiger partial charge in [-0.3, -0.25) is 4.79 Å². The quantitative estimate of drug-likeness (QED) is 0.725. The van der Waals surface area contributed by atoms with Gasteiger partial charge in [0, 0.05) is 17.9 Å². The number of nitrogens with zero attached hydrogens (tertiary/aromatic N) is 1. The predicted molar refractivity (Wildman–Crippen MR) is 79.9 cm³/mol. The van der Waals surface area contributed by atoms with Crippen LogP contribution in [0.1, 0.15) is 5.56 Å². The lowest BCUT2D eigenvalue weighted by Gasteiger charge is -2.06.